The van der Waals surface area contributed by atoms with Gasteiger partial charge in [0.2, 0.25) is 5.88 Å². The molecule has 4 heteroatoms. The van der Waals surface area contributed by atoms with Crippen molar-refractivity contribution in [2.45, 2.75) is 19.4 Å². The number of anilines is 1. The number of nitrogens with zero attached hydrogens (tertiary/aromatic N) is 1. The van der Waals surface area contributed by atoms with Crippen molar-refractivity contribution in [1.29, 1.82) is 0 Å². The summed E-state index contributed by atoms with van der Waals surface area (Å²) in [4.78, 5) is 3.92. The van der Waals surface area contributed by atoms with E-state index < -0.39 is 5.60 Å². The minimum atomic E-state index is -0.855. The number of ether oxygens (including phenoxy) is 1. The van der Waals surface area contributed by atoms with Crippen LogP contribution in [0.25, 0.3) is 0 Å². The molecule has 1 aromatic heterocycles. The maximum Gasteiger partial charge on any atom is 0.215 e. The molecule has 0 aliphatic rings. The van der Waals surface area contributed by atoms with Crippen LogP contribution in [0, 0.1) is 0 Å². The van der Waals surface area contributed by atoms with E-state index in [0.29, 0.717) is 11.7 Å². The molecule has 0 bridgehead atoms. The fraction of sp³-hybridized carbons (Fsp3) is 0.444. The number of nitrogen functional groups attached to an aromatic ring is 1. The Hall–Kier alpha value is -1.29. The summed E-state index contributed by atoms with van der Waals surface area (Å²) >= 11 is 0. The summed E-state index contributed by atoms with van der Waals surface area (Å²) in [5.74, 6) is 0.843. The maximum absolute atomic E-state index is 9.36. The molecule has 0 saturated carbocycles. The second-order valence-electron chi connectivity index (χ2n) is 3.50. The summed E-state index contributed by atoms with van der Waals surface area (Å²) < 4.78 is 5.21. The Balaban J connectivity index is 2.55. The van der Waals surface area contributed by atoms with Gasteiger partial charge in [-0.2, -0.15) is 4.98 Å². The summed E-state index contributed by atoms with van der Waals surface area (Å²) in [5, 5.41) is 9.36. The van der Waals surface area contributed by atoms with E-state index in [1.54, 1.807) is 32.0 Å². The molecule has 0 spiro atoms. The van der Waals surface area contributed by atoms with Crippen LogP contribution in [0.2, 0.25) is 0 Å². The molecule has 4 nitrogen and oxygen atoms in total. The molecule has 72 valence electrons. The number of hydrogen-bond acceptors (Lipinski definition) is 4. The van der Waals surface area contributed by atoms with Crippen LogP contribution < -0.4 is 10.5 Å². The lowest BCUT2D eigenvalue weighted by atomic mass is 10.2. The number of aliphatic hydroxyl groups is 1. The standard InChI is InChI=1S/C9H14N2O2/c1-9(2,12)6-13-8-5-3-4-7(10)11-8/h3-5,12H,6H2,1-2H3,(H2,10,11). The van der Waals surface area contributed by atoms with E-state index >= 15 is 0 Å². The Morgan fingerprint density at radius 1 is 1.54 bits per heavy atom. The molecule has 1 aromatic rings. The van der Waals surface area contributed by atoms with Gasteiger partial charge in [-0.1, -0.05) is 6.07 Å². The van der Waals surface area contributed by atoms with Gasteiger partial charge < -0.3 is 15.6 Å². The second kappa shape index (κ2) is 3.62. The zero-order valence-corrected chi connectivity index (χ0v) is 7.82. The Labute approximate surface area is 77.4 Å². The lowest BCUT2D eigenvalue weighted by Gasteiger charge is -2.17. The molecule has 0 fully saturated rings. The molecule has 13 heavy (non-hydrogen) atoms. The van der Waals surface area contributed by atoms with Gasteiger partial charge in [-0.25, -0.2) is 0 Å². The highest BCUT2D eigenvalue weighted by atomic mass is 16.5. The number of nitrogens with two attached hydrogens (primary N) is 1. The van der Waals surface area contributed by atoms with Crippen molar-refractivity contribution in [2.24, 2.45) is 0 Å². The zero-order chi connectivity index (χ0) is 9.90. The fourth-order valence-electron chi connectivity index (χ4n) is 0.762. The van der Waals surface area contributed by atoms with Crippen molar-refractivity contribution in [3.05, 3.63) is 18.2 Å². The van der Waals surface area contributed by atoms with Gasteiger partial charge in [0.1, 0.15) is 12.4 Å². The molecule has 3 N–H and O–H groups in total. The van der Waals surface area contributed by atoms with Crippen LogP contribution in [0.3, 0.4) is 0 Å². The molecule has 0 atom stereocenters. The van der Waals surface area contributed by atoms with Gasteiger partial charge in [0.15, 0.2) is 0 Å². The topological polar surface area (TPSA) is 68.4 Å². The van der Waals surface area contributed by atoms with Crippen LogP contribution in [-0.2, 0) is 0 Å². The second-order valence-corrected chi connectivity index (χ2v) is 3.50. The van der Waals surface area contributed by atoms with E-state index in [-0.39, 0.29) is 6.61 Å². The molecule has 0 amide bonds. The maximum atomic E-state index is 9.36. The summed E-state index contributed by atoms with van der Waals surface area (Å²) in [7, 11) is 0. The SMILES string of the molecule is CC(C)(O)COc1cccc(N)n1. The monoisotopic (exact) mass is 182 g/mol. The molecule has 1 rings (SSSR count). The molecule has 0 aliphatic carbocycles. The van der Waals surface area contributed by atoms with Crippen molar-refractivity contribution in [3.63, 3.8) is 0 Å². The number of rotatable bonds is 3. The molecule has 0 aromatic carbocycles. The Kier molecular flexibility index (Phi) is 2.72. The summed E-state index contributed by atoms with van der Waals surface area (Å²) in [6.45, 7) is 3.53. The van der Waals surface area contributed by atoms with Crippen LogP contribution in [0.4, 0.5) is 5.82 Å². The van der Waals surface area contributed by atoms with Gasteiger partial charge in [0, 0.05) is 6.07 Å². The highest BCUT2D eigenvalue weighted by molar-refractivity contribution is 5.31. The lowest BCUT2D eigenvalue weighted by Crippen LogP contribution is -2.28. The summed E-state index contributed by atoms with van der Waals surface area (Å²) in [6.07, 6.45) is 0. The van der Waals surface area contributed by atoms with Crippen molar-refractivity contribution < 1.29 is 9.84 Å². The van der Waals surface area contributed by atoms with Gasteiger partial charge in [-0.05, 0) is 19.9 Å². The highest BCUT2D eigenvalue weighted by Crippen LogP contribution is 2.10. The van der Waals surface area contributed by atoms with E-state index in [4.69, 9.17) is 10.5 Å². The third kappa shape index (κ3) is 3.75. The minimum absolute atomic E-state index is 0.198. The van der Waals surface area contributed by atoms with E-state index in [1.165, 1.54) is 0 Å². The van der Waals surface area contributed by atoms with E-state index in [0.717, 1.165) is 0 Å². The normalized spacial score (nSPS) is 11.3. The van der Waals surface area contributed by atoms with E-state index in [1.807, 2.05) is 0 Å². The van der Waals surface area contributed by atoms with E-state index in [9.17, 15) is 5.11 Å². The van der Waals surface area contributed by atoms with Gasteiger partial charge in [-0.15, -0.1) is 0 Å². The predicted molar refractivity (Wildman–Crippen MR) is 50.4 cm³/mol. The third-order valence-electron chi connectivity index (χ3n) is 1.32. The minimum Gasteiger partial charge on any atom is -0.475 e. The molecule has 0 saturated heterocycles. The van der Waals surface area contributed by atoms with Gasteiger partial charge >= 0.3 is 0 Å². The number of pyridine rings is 1. The quantitative estimate of drug-likeness (QED) is 0.726. The van der Waals surface area contributed by atoms with Gasteiger partial charge in [0.05, 0.1) is 5.60 Å². The number of aromatic nitrogens is 1. The van der Waals surface area contributed by atoms with Crippen molar-refractivity contribution >= 4 is 5.82 Å². The lowest BCUT2D eigenvalue weighted by molar-refractivity contribution is 0.0269. The van der Waals surface area contributed by atoms with Gasteiger partial charge in [0.25, 0.3) is 0 Å². The zero-order valence-electron chi connectivity index (χ0n) is 7.82. The first kappa shape index (κ1) is 9.80. The van der Waals surface area contributed by atoms with Crippen LogP contribution in [0.15, 0.2) is 18.2 Å². The first-order valence-electron chi connectivity index (χ1n) is 4.05. The molecule has 1 heterocycles. The third-order valence-corrected chi connectivity index (χ3v) is 1.32. The first-order valence-corrected chi connectivity index (χ1v) is 4.05. The molecule has 0 aliphatic heterocycles. The van der Waals surface area contributed by atoms with Crippen LogP contribution >= 0.6 is 0 Å². The van der Waals surface area contributed by atoms with Crippen LogP contribution in [0.5, 0.6) is 5.88 Å². The number of hydrogen-bond donors (Lipinski definition) is 2. The largest absolute Gasteiger partial charge is 0.475 e. The average molecular weight is 182 g/mol. The average Bonchev–Trinajstić information content (AvgIpc) is 2.00. The molecule has 0 radical (unpaired) electrons. The van der Waals surface area contributed by atoms with Crippen molar-refractivity contribution in [3.8, 4) is 5.88 Å². The predicted octanol–water partition coefficient (Wildman–Crippen LogP) is 0.814. The Morgan fingerprint density at radius 3 is 2.77 bits per heavy atom. The van der Waals surface area contributed by atoms with Gasteiger partial charge in [-0.3, -0.25) is 0 Å². The van der Waals surface area contributed by atoms with Crippen LogP contribution in [-0.4, -0.2) is 22.3 Å². The summed E-state index contributed by atoms with van der Waals surface area (Å²) in [5.41, 5.74) is 4.59. The van der Waals surface area contributed by atoms with Crippen LogP contribution in [0.1, 0.15) is 13.8 Å². The van der Waals surface area contributed by atoms with Crippen molar-refractivity contribution in [1.82, 2.24) is 4.98 Å². The molecular weight excluding hydrogens is 168 g/mol. The Bertz CT molecular complexity index is 281. The van der Waals surface area contributed by atoms with E-state index in [2.05, 4.69) is 4.98 Å². The smallest absolute Gasteiger partial charge is 0.215 e. The summed E-state index contributed by atoms with van der Waals surface area (Å²) in [6, 6.07) is 5.13. The molecule has 0 unspecified atom stereocenters. The fourth-order valence-corrected chi connectivity index (χ4v) is 0.762. The Morgan fingerprint density at radius 2 is 2.23 bits per heavy atom. The highest BCUT2D eigenvalue weighted by Gasteiger charge is 2.13. The first-order chi connectivity index (χ1) is 5.97. The van der Waals surface area contributed by atoms with Crippen molar-refractivity contribution in [2.75, 3.05) is 12.3 Å². The molecular formula is C9H14N2O2.